The average molecular weight is 735 g/mol. The number of aliphatic hydroxyl groups excluding tert-OH is 1. The molecule has 0 aromatic rings. The number of amides is 1. The molecule has 0 spiro atoms. The van der Waals surface area contributed by atoms with Crippen molar-refractivity contribution in [3.05, 3.63) is 72.9 Å². The lowest BCUT2D eigenvalue weighted by molar-refractivity contribution is -0.122. The molecule has 0 bridgehead atoms. The van der Waals surface area contributed by atoms with Crippen LogP contribution in [0.15, 0.2) is 72.9 Å². The van der Waals surface area contributed by atoms with Gasteiger partial charge in [0.15, 0.2) is 0 Å². The summed E-state index contributed by atoms with van der Waals surface area (Å²) in [6.45, 7) is 3.95. The Morgan fingerprint density at radius 2 is 1.14 bits per heavy atom. The van der Waals surface area contributed by atoms with E-state index in [0.29, 0.717) is 6.42 Å². The molecule has 0 aliphatic heterocycles. The summed E-state index contributed by atoms with van der Waals surface area (Å²) >= 11 is 0. The summed E-state index contributed by atoms with van der Waals surface area (Å²) in [5.41, 5.74) is 5.36. The van der Waals surface area contributed by atoms with Crippen molar-refractivity contribution in [3.8, 4) is 0 Å². The monoisotopic (exact) mass is 735 g/mol. The molecule has 3 atom stereocenters. The zero-order valence-electron chi connectivity index (χ0n) is 32.3. The van der Waals surface area contributed by atoms with Crippen molar-refractivity contribution in [1.82, 2.24) is 5.32 Å². The van der Waals surface area contributed by atoms with Gasteiger partial charge in [0.05, 0.1) is 25.4 Å². The van der Waals surface area contributed by atoms with E-state index in [2.05, 4.69) is 79.9 Å². The number of carbonyl (C=O) groups excluding carboxylic acids is 1. The lowest BCUT2D eigenvalue weighted by Gasteiger charge is -2.23. The van der Waals surface area contributed by atoms with Crippen LogP contribution in [0.25, 0.3) is 0 Å². The molecule has 294 valence electrons. The number of unbranched alkanes of at least 4 members (excludes halogenated alkanes) is 14. The second-order valence-electron chi connectivity index (χ2n) is 13.1. The van der Waals surface area contributed by atoms with Gasteiger partial charge in [0.25, 0.3) is 0 Å². The fourth-order valence-corrected chi connectivity index (χ4v) is 6.04. The molecule has 0 aromatic carbocycles. The number of aliphatic hydroxyl groups is 1. The van der Waals surface area contributed by atoms with Gasteiger partial charge in [-0.3, -0.25) is 13.8 Å². The van der Waals surface area contributed by atoms with Crippen LogP contribution in [0, 0.1) is 0 Å². The van der Waals surface area contributed by atoms with Crippen molar-refractivity contribution >= 4 is 13.7 Å². The second-order valence-corrected chi connectivity index (χ2v) is 14.6. The Morgan fingerprint density at radius 3 is 1.65 bits per heavy atom. The molecule has 0 heterocycles. The molecule has 0 saturated carbocycles. The van der Waals surface area contributed by atoms with Crippen LogP contribution in [0.4, 0.5) is 0 Å². The highest BCUT2D eigenvalue weighted by molar-refractivity contribution is 7.47. The third-order valence-corrected chi connectivity index (χ3v) is 9.27. The maximum absolute atomic E-state index is 12.7. The van der Waals surface area contributed by atoms with Crippen LogP contribution in [-0.4, -0.2) is 47.8 Å². The minimum Gasteiger partial charge on any atom is -0.387 e. The van der Waals surface area contributed by atoms with E-state index >= 15 is 0 Å². The molecule has 51 heavy (non-hydrogen) atoms. The third kappa shape index (κ3) is 36.1. The molecule has 0 aliphatic carbocycles. The number of allylic oxidation sites excluding steroid dienone is 11. The highest BCUT2D eigenvalue weighted by Crippen LogP contribution is 2.43. The van der Waals surface area contributed by atoms with Crippen molar-refractivity contribution in [2.45, 2.75) is 167 Å². The quantitative estimate of drug-likeness (QED) is 0.0286. The smallest absolute Gasteiger partial charge is 0.387 e. The van der Waals surface area contributed by atoms with Gasteiger partial charge < -0.3 is 21.1 Å². The molecule has 0 aliphatic rings. The molecule has 0 rings (SSSR count). The van der Waals surface area contributed by atoms with Gasteiger partial charge in [-0.05, 0) is 57.8 Å². The molecular formula is C42H75N2O6P. The van der Waals surface area contributed by atoms with Gasteiger partial charge in [0, 0.05) is 13.0 Å². The van der Waals surface area contributed by atoms with Crippen LogP contribution in [0.3, 0.4) is 0 Å². The number of nitrogens with two attached hydrogens (primary N) is 1. The van der Waals surface area contributed by atoms with Crippen LogP contribution in [0.5, 0.6) is 0 Å². The first-order chi connectivity index (χ1) is 24.9. The first kappa shape index (κ1) is 48.9. The van der Waals surface area contributed by atoms with Gasteiger partial charge in [-0.2, -0.15) is 0 Å². The van der Waals surface area contributed by atoms with Crippen LogP contribution >= 0.6 is 7.82 Å². The Bertz CT molecular complexity index is 1020. The van der Waals surface area contributed by atoms with Gasteiger partial charge in [-0.25, -0.2) is 4.57 Å². The molecule has 0 fully saturated rings. The van der Waals surface area contributed by atoms with Crippen LogP contribution in [-0.2, 0) is 18.4 Å². The molecule has 0 radical (unpaired) electrons. The average Bonchev–Trinajstić information content (AvgIpc) is 3.12. The van der Waals surface area contributed by atoms with Crippen molar-refractivity contribution in [3.63, 3.8) is 0 Å². The number of phosphoric ester groups is 1. The molecule has 9 heteroatoms. The summed E-state index contributed by atoms with van der Waals surface area (Å²) < 4.78 is 22.0. The predicted octanol–water partition coefficient (Wildman–Crippen LogP) is 10.9. The largest absolute Gasteiger partial charge is 0.472 e. The van der Waals surface area contributed by atoms with Crippen molar-refractivity contribution < 1.29 is 28.4 Å². The fraction of sp³-hybridized carbons (Fsp3) is 0.690. The summed E-state index contributed by atoms with van der Waals surface area (Å²) in [6, 6.07) is -0.893. The first-order valence-corrected chi connectivity index (χ1v) is 21.6. The maximum atomic E-state index is 12.7. The molecular weight excluding hydrogens is 659 g/mol. The highest BCUT2D eigenvalue weighted by atomic mass is 31.2. The van der Waals surface area contributed by atoms with Crippen LogP contribution < -0.4 is 11.1 Å². The van der Waals surface area contributed by atoms with E-state index in [9.17, 15) is 19.4 Å². The number of nitrogens with one attached hydrogen (secondary N) is 1. The molecule has 1 amide bonds. The van der Waals surface area contributed by atoms with Gasteiger partial charge >= 0.3 is 7.82 Å². The van der Waals surface area contributed by atoms with Crippen LogP contribution in [0.2, 0.25) is 0 Å². The summed E-state index contributed by atoms with van der Waals surface area (Å²) in [6.07, 6.45) is 48.1. The van der Waals surface area contributed by atoms with E-state index in [1.165, 1.54) is 70.6 Å². The lowest BCUT2D eigenvalue weighted by atomic mass is 10.0. The number of hydrogen-bond donors (Lipinski definition) is 4. The minimum atomic E-state index is -4.35. The third-order valence-electron chi connectivity index (χ3n) is 8.29. The normalized spacial score (nSPS) is 15.0. The fourth-order valence-electron chi connectivity index (χ4n) is 5.28. The Kier molecular flexibility index (Phi) is 36.2. The van der Waals surface area contributed by atoms with Crippen molar-refractivity contribution in [2.75, 3.05) is 19.8 Å². The Morgan fingerprint density at radius 1 is 0.667 bits per heavy atom. The molecule has 8 nitrogen and oxygen atoms in total. The first-order valence-electron chi connectivity index (χ1n) is 20.1. The minimum absolute atomic E-state index is 0.0660. The van der Waals surface area contributed by atoms with Gasteiger partial charge in [-0.1, -0.05) is 164 Å². The van der Waals surface area contributed by atoms with Gasteiger partial charge in [0.2, 0.25) is 5.91 Å². The number of phosphoric acid groups is 1. The summed E-state index contributed by atoms with van der Waals surface area (Å²) in [5, 5.41) is 13.6. The zero-order valence-corrected chi connectivity index (χ0v) is 33.2. The maximum Gasteiger partial charge on any atom is 0.472 e. The zero-order chi connectivity index (χ0) is 37.5. The van der Waals surface area contributed by atoms with Gasteiger partial charge in [0.1, 0.15) is 0 Å². The van der Waals surface area contributed by atoms with Crippen LogP contribution in [0.1, 0.15) is 155 Å². The summed E-state index contributed by atoms with van der Waals surface area (Å²) in [7, 11) is -4.35. The lowest BCUT2D eigenvalue weighted by Crippen LogP contribution is -2.45. The molecule has 0 aromatic heterocycles. The van der Waals surface area contributed by atoms with E-state index in [1.54, 1.807) is 6.08 Å². The highest BCUT2D eigenvalue weighted by Gasteiger charge is 2.26. The Hall–Kier alpha value is -2.06. The summed E-state index contributed by atoms with van der Waals surface area (Å²) in [5.74, 6) is -0.254. The predicted molar refractivity (Wildman–Crippen MR) is 216 cm³/mol. The number of rotatable bonds is 36. The van der Waals surface area contributed by atoms with E-state index in [0.717, 1.165) is 57.8 Å². The van der Waals surface area contributed by atoms with E-state index in [4.69, 9.17) is 14.8 Å². The topological polar surface area (TPSA) is 131 Å². The number of carbonyl (C=O) groups is 1. The Balaban J connectivity index is 4.41. The standard InChI is InChI=1S/C42H75N2O6P/c1-3-5-7-9-11-13-15-17-19-20-22-24-26-28-30-32-34-36-42(46)44-40(39-50-51(47,48)49-38-37-43)41(45)35-33-31-29-27-25-23-21-18-16-14-12-10-8-6-4-2/h5,7,11,13,17,19,22,24,28,30,33,35,40-41,45H,3-4,6,8-10,12,14-16,18,20-21,23,25-27,29,31-32,34,36-39,43H2,1-2H3,(H,44,46)(H,47,48)/b7-5-,13-11-,19-17-,24-22-,30-28-,35-33+. The van der Waals surface area contributed by atoms with E-state index < -0.39 is 20.0 Å². The Labute approximate surface area is 312 Å². The number of hydrogen-bond acceptors (Lipinski definition) is 6. The molecule has 5 N–H and O–H groups in total. The molecule has 3 unspecified atom stereocenters. The molecule has 0 saturated heterocycles. The van der Waals surface area contributed by atoms with Crippen molar-refractivity contribution in [2.24, 2.45) is 5.73 Å². The summed E-state index contributed by atoms with van der Waals surface area (Å²) in [4.78, 5) is 22.6. The van der Waals surface area contributed by atoms with Gasteiger partial charge in [-0.15, -0.1) is 0 Å². The van der Waals surface area contributed by atoms with E-state index in [1.807, 2.05) is 6.08 Å². The van der Waals surface area contributed by atoms with Crippen molar-refractivity contribution in [1.29, 1.82) is 0 Å². The second kappa shape index (κ2) is 37.7. The van der Waals surface area contributed by atoms with E-state index in [-0.39, 0.29) is 32.1 Å². The SMILES string of the molecule is CC/C=C\C/C=C\C/C=C\C/C=C\C/C=C\CCCC(=O)NC(COP(=O)(O)OCCN)C(O)/C=C/CCCCCCCCCCCCCCC.